The predicted molar refractivity (Wildman–Crippen MR) is 130 cm³/mol. The SMILES string of the molecule is NCCCCC(NC(=O)C(N)CO)C(=O)NC(CCC(N)=O)C(=O)NC(CCCN=C(N)N)C(=O)O. The molecule has 0 aromatic heterocycles. The van der Waals surface area contributed by atoms with E-state index in [1.807, 2.05) is 0 Å². The minimum atomic E-state index is -1.33. The first-order valence-electron chi connectivity index (χ1n) is 11.5. The monoisotopic (exact) mass is 517 g/mol. The Kier molecular flexibility index (Phi) is 16.1. The van der Waals surface area contributed by atoms with Gasteiger partial charge in [-0.3, -0.25) is 24.2 Å². The Bertz CT molecular complexity index is 775. The van der Waals surface area contributed by atoms with E-state index in [0.717, 1.165) is 0 Å². The standard InChI is InChI=1S/C20H39N9O7/c21-8-2-1-4-12(27-16(32)11(22)10-30)17(33)28-13(6-7-15(23)31)18(34)29-14(19(35)36)5-3-9-26-20(24)25/h11-14,30H,1-10,21-22H2,(H2,23,31)(H,27,32)(H,28,33)(H,29,34)(H,35,36)(H4,24,25,26). The Balaban J connectivity index is 5.50. The highest BCUT2D eigenvalue weighted by molar-refractivity contribution is 5.94. The lowest BCUT2D eigenvalue weighted by molar-refractivity contribution is -0.142. The summed E-state index contributed by atoms with van der Waals surface area (Å²) in [6.45, 7) is -0.155. The van der Waals surface area contributed by atoms with Crippen molar-refractivity contribution >= 4 is 35.6 Å². The number of amides is 4. The molecule has 206 valence electrons. The lowest BCUT2D eigenvalue weighted by Gasteiger charge is -2.25. The van der Waals surface area contributed by atoms with Crippen LogP contribution in [0.15, 0.2) is 4.99 Å². The summed E-state index contributed by atoms with van der Waals surface area (Å²) in [5.41, 5.74) is 26.6. The zero-order valence-corrected chi connectivity index (χ0v) is 20.2. The van der Waals surface area contributed by atoms with E-state index in [-0.39, 0.29) is 44.6 Å². The van der Waals surface area contributed by atoms with Crippen LogP contribution in [-0.2, 0) is 24.0 Å². The van der Waals surface area contributed by atoms with Crippen LogP contribution in [-0.4, -0.2) is 89.6 Å². The van der Waals surface area contributed by atoms with Crippen molar-refractivity contribution in [1.82, 2.24) is 16.0 Å². The van der Waals surface area contributed by atoms with Gasteiger partial charge in [-0.2, -0.15) is 0 Å². The highest BCUT2D eigenvalue weighted by atomic mass is 16.4. The average Bonchev–Trinajstić information content (AvgIpc) is 2.81. The van der Waals surface area contributed by atoms with E-state index in [1.165, 1.54) is 0 Å². The quantitative estimate of drug-likeness (QED) is 0.0440. The molecule has 0 fully saturated rings. The summed E-state index contributed by atoms with van der Waals surface area (Å²) in [5, 5.41) is 25.7. The van der Waals surface area contributed by atoms with Crippen LogP contribution in [0.5, 0.6) is 0 Å². The van der Waals surface area contributed by atoms with E-state index in [9.17, 15) is 29.1 Å². The Morgan fingerprint density at radius 1 is 0.778 bits per heavy atom. The number of primary amides is 1. The minimum absolute atomic E-state index is 0.00877. The number of carbonyl (C=O) groups excluding carboxylic acids is 4. The molecule has 0 heterocycles. The van der Waals surface area contributed by atoms with Crippen LogP contribution in [0.25, 0.3) is 0 Å². The molecule has 15 N–H and O–H groups in total. The van der Waals surface area contributed by atoms with Crippen molar-refractivity contribution in [3.8, 4) is 0 Å². The Hall–Kier alpha value is -3.50. The number of carboxylic acids is 1. The molecule has 0 saturated heterocycles. The second-order valence-electron chi connectivity index (χ2n) is 8.05. The van der Waals surface area contributed by atoms with Crippen molar-refractivity contribution in [2.45, 2.75) is 69.1 Å². The van der Waals surface area contributed by atoms with Gasteiger partial charge < -0.3 is 54.8 Å². The van der Waals surface area contributed by atoms with Gasteiger partial charge in [-0.1, -0.05) is 0 Å². The summed E-state index contributed by atoms with van der Waals surface area (Å²) < 4.78 is 0. The molecule has 0 spiro atoms. The number of carbonyl (C=O) groups is 5. The fraction of sp³-hybridized carbons (Fsp3) is 0.700. The topological polar surface area (TPSA) is 304 Å². The molecule has 4 atom stereocenters. The van der Waals surface area contributed by atoms with Crippen LogP contribution >= 0.6 is 0 Å². The van der Waals surface area contributed by atoms with Crippen LogP contribution in [0.3, 0.4) is 0 Å². The Morgan fingerprint density at radius 2 is 1.31 bits per heavy atom. The number of guanidine groups is 1. The third-order valence-corrected chi connectivity index (χ3v) is 4.99. The lowest BCUT2D eigenvalue weighted by Crippen LogP contribution is -2.57. The molecule has 0 aromatic rings. The fourth-order valence-corrected chi connectivity index (χ4v) is 2.98. The first-order chi connectivity index (χ1) is 16.9. The third kappa shape index (κ3) is 14.0. The minimum Gasteiger partial charge on any atom is -0.480 e. The summed E-state index contributed by atoms with van der Waals surface area (Å²) in [6, 6.07) is -5.04. The van der Waals surface area contributed by atoms with Crippen LogP contribution in [0.4, 0.5) is 0 Å². The van der Waals surface area contributed by atoms with Crippen molar-refractivity contribution in [2.75, 3.05) is 19.7 Å². The number of carboxylic acid groups (broad SMARTS) is 1. The van der Waals surface area contributed by atoms with Gasteiger partial charge in [0.05, 0.1) is 6.61 Å². The maximum atomic E-state index is 12.9. The van der Waals surface area contributed by atoms with Gasteiger partial charge in [0.25, 0.3) is 0 Å². The molecule has 0 rings (SSSR count). The number of hydrogen-bond acceptors (Lipinski definition) is 9. The molecule has 0 radical (unpaired) electrons. The number of aliphatic hydroxyl groups excluding tert-OH is 1. The molecule has 36 heavy (non-hydrogen) atoms. The van der Waals surface area contributed by atoms with Crippen molar-refractivity contribution in [3.05, 3.63) is 0 Å². The lowest BCUT2D eigenvalue weighted by atomic mass is 10.0. The number of rotatable bonds is 19. The molecule has 0 saturated carbocycles. The fourth-order valence-electron chi connectivity index (χ4n) is 2.98. The number of aliphatic carboxylic acids is 1. The molecule has 0 aromatic carbocycles. The van der Waals surface area contributed by atoms with Gasteiger partial charge in [-0.15, -0.1) is 0 Å². The van der Waals surface area contributed by atoms with Gasteiger partial charge in [0.15, 0.2) is 5.96 Å². The van der Waals surface area contributed by atoms with Crippen molar-refractivity contribution in [1.29, 1.82) is 0 Å². The number of unbranched alkanes of at least 4 members (excludes halogenated alkanes) is 1. The predicted octanol–water partition coefficient (Wildman–Crippen LogP) is -4.71. The Labute approximate surface area is 208 Å². The third-order valence-electron chi connectivity index (χ3n) is 4.99. The van der Waals surface area contributed by atoms with Crippen LogP contribution in [0, 0.1) is 0 Å². The number of hydrogen-bond donors (Lipinski definition) is 10. The molecule has 16 nitrogen and oxygen atoms in total. The van der Waals surface area contributed by atoms with E-state index in [1.54, 1.807) is 0 Å². The molecular formula is C20H39N9O7. The van der Waals surface area contributed by atoms with E-state index >= 15 is 0 Å². The molecule has 0 bridgehead atoms. The maximum Gasteiger partial charge on any atom is 0.326 e. The van der Waals surface area contributed by atoms with Gasteiger partial charge in [-0.25, -0.2) is 4.79 Å². The Morgan fingerprint density at radius 3 is 1.81 bits per heavy atom. The summed E-state index contributed by atoms with van der Waals surface area (Å²) in [7, 11) is 0. The van der Waals surface area contributed by atoms with E-state index in [2.05, 4.69) is 20.9 Å². The number of aliphatic imine (C=N–C) groups is 1. The largest absolute Gasteiger partial charge is 0.480 e. The summed E-state index contributed by atoms with van der Waals surface area (Å²) in [6.07, 6.45) is 0.904. The van der Waals surface area contributed by atoms with Gasteiger partial charge in [0.1, 0.15) is 24.2 Å². The average molecular weight is 518 g/mol. The second kappa shape index (κ2) is 17.9. The molecule has 16 heteroatoms. The zero-order valence-electron chi connectivity index (χ0n) is 20.2. The molecule has 4 unspecified atom stereocenters. The first kappa shape index (κ1) is 32.5. The number of nitrogens with zero attached hydrogens (tertiary/aromatic N) is 1. The van der Waals surface area contributed by atoms with Gasteiger partial charge >= 0.3 is 5.97 Å². The molecule has 0 aliphatic carbocycles. The highest BCUT2D eigenvalue weighted by Gasteiger charge is 2.30. The van der Waals surface area contributed by atoms with Gasteiger partial charge in [-0.05, 0) is 45.1 Å². The summed E-state index contributed by atoms with van der Waals surface area (Å²) >= 11 is 0. The second-order valence-corrected chi connectivity index (χ2v) is 8.05. The normalized spacial score (nSPS) is 14.0. The molecule has 0 aliphatic heterocycles. The smallest absolute Gasteiger partial charge is 0.326 e. The number of nitrogens with two attached hydrogens (primary N) is 5. The summed E-state index contributed by atoms with van der Waals surface area (Å²) in [5.74, 6) is -4.63. The van der Waals surface area contributed by atoms with Crippen LogP contribution in [0.1, 0.15) is 44.9 Å². The maximum absolute atomic E-state index is 12.9. The number of nitrogens with one attached hydrogen (secondary N) is 3. The number of aliphatic hydroxyl groups is 1. The highest BCUT2D eigenvalue weighted by Crippen LogP contribution is 2.06. The zero-order chi connectivity index (χ0) is 27.7. The molecule has 4 amide bonds. The van der Waals surface area contributed by atoms with Gasteiger partial charge in [0, 0.05) is 13.0 Å². The van der Waals surface area contributed by atoms with E-state index < -0.39 is 60.4 Å². The summed E-state index contributed by atoms with van der Waals surface area (Å²) in [4.78, 5) is 64.5. The van der Waals surface area contributed by atoms with E-state index in [0.29, 0.717) is 19.4 Å². The van der Waals surface area contributed by atoms with Crippen molar-refractivity contribution in [2.24, 2.45) is 33.7 Å². The van der Waals surface area contributed by atoms with E-state index in [4.69, 9.17) is 33.8 Å². The molecule has 0 aliphatic rings. The van der Waals surface area contributed by atoms with Gasteiger partial charge in [0.2, 0.25) is 23.6 Å². The molecular weight excluding hydrogens is 478 g/mol. The first-order valence-corrected chi connectivity index (χ1v) is 11.5. The van der Waals surface area contributed by atoms with Crippen LogP contribution in [0.2, 0.25) is 0 Å². The van der Waals surface area contributed by atoms with Crippen LogP contribution < -0.4 is 44.6 Å². The van der Waals surface area contributed by atoms with Crippen molar-refractivity contribution in [3.63, 3.8) is 0 Å². The van der Waals surface area contributed by atoms with Crippen molar-refractivity contribution < 1.29 is 34.2 Å².